The van der Waals surface area contributed by atoms with Crippen LogP contribution in [0.1, 0.15) is 12.2 Å². The lowest BCUT2D eigenvalue weighted by Gasteiger charge is -2.27. The fraction of sp³-hybridized carbons (Fsp3) is 0.545. The van der Waals surface area contributed by atoms with Gasteiger partial charge < -0.3 is 9.52 Å². The molecule has 1 fully saturated rings. The van der Waals surface area contributed by atoms with Gasteiger partial charge in [-0.1, -0.05) is 0 Å². The van der Waals surface area contributed by atoms with Gasteiger partial charge in [-0.3, -0.25) is 9.69 Å². The van der Waals surface area contributed by atoms with Crippen LogP contribution >= 0.6 is 31.9 Å². The number of alkyl halides is 3. The van der Waals surface area contributed by atoms with Crippen molar-refractivity contribution in [3.63, 3.8) is 0 Å². The Morgan fingerprint density at radius 1 is 1.50 bits per heavy atom. The summed E-state index contributed by atoms with van der Waals surface area (Å²) < 4.78 is 45.4. The maximum Gasteiger partial charge on any atom is 0.406 e. The first-order chi connectivity index (χ1) is 9.15. The minimum absolute atomic E-state index is 0.0573. The Labute approximate surface area is 129 Å². The van der Waals surface area contributed by atoms with E-state index in [2.05, 4.69) is 31.9 Å². The standard InChI is InChI=1S/C11H10Br2F3NO3/c12-7-3-6(20-8(7)13)4-17-2-1-10(5-17,9(18)19)11(14,15)16/h3H,1-2,4-5H2,(H,18,19). The van der Waals surface area contributed by atoms with E-state index in [0.717, 1.165) is 0 Å². The molecule has 1 atom stereocenters. The molecule has 0 radical (unpaired) electrons. The number of carbonyl (C=O) groups is 1. The lowest BCUT2D eigenvalue weighted by atomic mass is 9.86. The van der Waals surface area contributed by atoms with Gasteiger partial charge in [0.25, 0.3) is 0 Å². The predicted octanol–water partition coefficient (Wildman–Crippen LogP) is 3.64. The largest absolute Gasteiger partial charge is 0.481 e. The summed E-state index contributed by atoms with van der Waals surface area (Å²) in [6, 6.07) is 1.64. The number of hydrogen-bond acceptors (Lipinski definition) is 3. The van der Waals surface area contributed by atoms with Gasteiger partial charge in [-0.15, -0.1) is 0 Å². The highest BCUT2D eigenvalue weighted by Gasteiger charge is 2.63. The van der Waals surface area contributed by atoms with Gasteiger partial charge in [0.05, 0.1) is 11.0 Å². The number of halogens is 5. The van der Waals surface area contributed by atoms with E-state index in [9.17, 15) is 18.0 Å². The molecule has 0 amide bonds. The van der Waals surface area contributed by atoms with Crippen LogP contribution in [-0.2, 0) is 11.3 Å². The second-order valence-corrected chi connectivity index (χ2v) is 6.25. The maximum absolute atomic E-state index is 13.0. The molecule has 0 spiro atoms. The van der Waals surface area contributed by atoms with Gasteiger partial charge >= 0.3 is 12.1 Å². The molecule has 9 heteroatoms. The van der Waals surface area contributed by atoms with E-state index in [0.29, 0.717) is 14.9 Å². The van der Waals surface area contributed by atoms with E-state index in [4.69, 9.17) is 9.52 Å². The van der Waals surface area contributed by atoms with E-state index in [-0.39, 0.29) is 13.1 Å². The molecule has 2 heterocycles. The van der Waals surface area contributed by atoms with Crippen molar-refractivity contribution in [3.8, 4) is 0 Å². The minimum Gasteiger partial charge on any atom is -0.481 e. The summed E-state index contributed by atoms with van der Waals surface area (Å²) in [5.74, 6) is -1.36. The van der Waals surface area contributed by atoms with E-state index >= 15 is 0 Å². The van der Waals surface area contributed by atoms with Crippen LogP contribution in [0, 0.1) is 5.41 Å². The van der Waals surface area contributed by atoms with Crippen molar-refractivity contribution >= 4 is 37.8 Å². The molecule has 0 saturated carbocycles. The van der Waals surface area contributed by atoms with Crippen LogP contribution in [0.2, 0.25) is 0 Å². The summed E-state index contributed by atoms with van der Waals surface area (Å²) in [5.41, 5.74) is -2.69. The number of aliphatic carboxylic acids is 1. The highest BCUT2D eigenvalue weighted by atomic mass is 79.9. The second kappa shape index (κ2) is 5.34. The molecule has 1 aromatic heterocycles. The molecule has 0 bridgehead atoms. The Bertz CT molecular complexity index is 512. The molecule has 1 aliphatic heterocycles. The van der Waals surface area contributed by atoms with Crippen LogP contribution in [-0.4, -0.2) is 35.2 Å². The summed E-state index contributed by atoms with van der Waals surface area (Å²) >= 11 is 6.35. The Morgan fingerprint density at radius 2 is 2.15 bits per heavy atom. The van der Waals surface area contributed by atoms with Crippen LogP contribution in [0.3, 0.4) is 0 Å². The number of nitrogens with zero attached hydrogens (tertiary/aromatic N) is 1. The van der Waals surface area contributed by atoms with Crippen molar-refractivity contribution in [3.05, 3.63) is 21.0 Å². The zero-order valence-electron chi connectivity index (χ0n) is 10.0. The Morgan fingerprint density at radius 3 is 2.55 bits per heavy atom. The molecular weight excluding hydrogens is 411 g/mol. The van der Waals surface area contributed by atoms with Gasteiger partial charge in [-0.05, 0) is 44.3 Å². The number of carboxylic acids is 1. The number of likely N-dealkylation sites (tertiary alicyclic amines) is 1. The van der Waals surface area contributed by atoms with E-state index in [1.807, 2.05) is 0 Å². The quantitative estimate of drug-likeness (QED) is 0.811. The van der Waals surface area contributed by atoms with Crippen LogP contribution in [0.5, 0.6) is 0 Å². The Kier molecular flexibility index (Phi) is 4.23. The number of furan rings is 1. The van der Waals surface area contributed by atoms with Gasteiger partial charge in [0, 0.05) is 13.1 Å². The summed E-state index contributed by atoms with van der Waals surface area (Å²) in [6.45, 7) is -0.376. The topological polar surface area (TPSA) is 53.7 Å². The number of rotatable bonds is 3. The fourth-order valence-electron chi connectivity index (χ4n) is 2.24. The van der Waals surface area contributed by atoms with Gasteiger partial charge in [0.15, 0.2) is 10.1 Å². The summed E-state index contributed by atoms with van der Waals surface area (Å²) in [6.07, 6.45) is -5.22. The van der Waals surface area contributed by atoms with Gasteiger partial charge in [0.1, 0.15) is 5.76 Å². The first-order valence-corrected chi connectivity index (χ1v) is 7.20. The summed E-state index contributed by atoms with van der Waals surface area (Å²) in [4.78, 5) is 12.5. The molecule has 0 aromatic carbocycles. The van der Waals surface area contributed by atoms with E-state index in [1.165, 1.54) is 4.90 Å². The molecule has 1 aromatic rings. The Hall–Kier alpha value is -0.540. The van der Waals surface area contributed by atoms with Crippen molar-refractivity contribution in [2.75, 3.05) is 13.1 Å². The number of hydrogen-bond donors (Lipinski definition) is 1. The molecule has 112 valence electrons. The molecule has 20 heavy (non-hydrogen) atoms. The van der Waals surface area contributed by atoms with Crippen molar-refractivity contribution < 1.29 is 27.5 Å². The van der Waals surface area contributed by atoms with Crippen LogP contribution in [0.4, 0.5) is 13.2 Å². The first kappa shape index (κ1) is 15.8. The molecule has 1 saturated heterocycles. The SMILES string of the molecule is O=C(O)C1(C(F)(F)F)CCN(Cc2cc(Br)c(Br)o2)C1. The normalized spacial score (nSPS) is 24.2. The maximum atomic E-state index is 13.0. The second-order valence-electron chi connectivity index (χ2n) is 4.68. The predicted molar refractivity (Wildman–Crippen MR) is 70.1 cm³/mol. The first-order valence-electron chi connectivity index (χ1n) is 5.62. The summed E-state index contributed by atoms with van der Waals surface area (Å²) in [5, 5.41) is 8.95. The number of carboxylic acid groups (broad SMARTS) is 1. The average Bonchev–Trinajstić information content (AvgIpc) is 2.84. The van der Waals surface area contributed by atoms with E-state index < -0.39 is 30.5 Å². The molecule has 4 nitrogen and oxygen atoms in total. The highest BCUT2D eigenvalue weighted by molar-refractivity contribution is 9.13. The van der Waals surface area contributed by atoms with Crippen molar-refractivity contribution in [1.82, 2.24) is 4.90 Å². The van der Waals surface area contributed by atoms with Crippen molar-refractivity contribution in [1.29, 1.82) is 0 Å². The third-order valence-electron chi connectivity index (χ3n) is 3.38. The molecule has 1 aliphatic rings. The van der Waals surface area contributed by atoms with Crippen LogP contribution in [0.25, 0.3) is 0 Å². The van der Waals surface area contributed by atoms with Crippen LogP contribution in [0.15, 0.2) is 19.6 Å². The zero-order chi connectivity index (χ0) is 15.1. The Balaban J connectivity index is 2.13. The molecular formula is C11H10Br2F3NO3. The molecule has 2 rings (SSSR count). The smallest absolute Gasteiger partial charge is 0.406 e. The van der Waals surface area contributed by atoms with Gasteiger partial charge in [-0.2, -0.15) is 13.2 Å². The highest BCUT2D eigenvalue weighted by Crippen LogP contribution is 2.46. The molecule has 0 aliphatic carbocycles. The van der Waals surface area contributed by atoms with Crippen molar-refractivity contribution in [2.24, 2.45) is 5.41 Å². The van der Waals surface area contributed by atoms with E-state index in [1.54, 1.807) is 6.07 Å². The monoisotopic (exact) mass is 419 g/mol. The third kappa shape index (κ3) is 2.75. The fourth-order valence-corrected chi connectivity index (χ4v) is 2.90. The zero-order valence-corrected chi connectivity index (χ0v) is 13.2. The molecule has 1 N–H and O–H groups in total. The summed E-state index contributed by atoms with van der Waals surface area (Å²) in [7, 11) is 0. The van der Waals surface area contributed by atoms with Gasteiger partial charge in [0.2, 0.25) is 0 Å². The minimum atomic E-state index is -4.77. The third-order valence-corrected chi connectivity index (χ3v) is 5.09. The lowest BCUT2D eigenvalue weighted by molar-refractivity contribution is -0.227. The van der Waals surface area contributed by atoms with Crippen molar-refractivity contribution in [2.45, 2.75) is 19.1 Å². The van der Waals surface area contributed by atoms with Crippen LogP contribution < -0.4 is 0 Å². The average molecular weight is 421 g/mol. The molecule has 1 unspecified atom stereocenters. The van der Waals surface area contributed by atoms with Gasteiger partial charge in [-0.25, -0.2) is 0 Å². The lowest BCUT2D eigenvalue weighted by Crippen LogP contribution is -2.47.